The summed E-state index contributed by atoms with van der Waals surface area (Å²) >= 11 is 0. The predicted molar refractivity (Wildman–Crippen MR) is 73.6 cm³/mol. The minimum Gasteiger partial charge on any atom is -0.493 e. The molecule has 0 atom stereocenters. The molecule has 0 aliphatic rings. The fourth-order valence-corrected chi connectivity index (χ4v) is 1.60. The van der Waals surface area contributed by atoms with Crippen LogP contribution >= 0.6 is 0 Å². The van der Waals surface area contributed by atoms with E-state index in [0.29, 0.717) is 18.9 Å². The van der Waals surface area contributed by atoms with Gasteiger partial charge in [0.1, 0.15) is 5.75 Å². The van der Waals surface area contributed by atoms with Gasteiger partial charge in [0, 0.05) is 6.54 Å². The predicted octanol–water partition coefficient (Wildman–Crippen LogP) is 3.01. The standard InChI is InChI=1S/C15H23NO2/c1-13(2)7-6-11-16-15(17)10-12-18-14-8-4-3-5-9-14/h3-5,8-9,13H,6-7,10-12H2,1-2H3,(H,16,17). The molecule has 0 unspecified atom stereocenters. The molecule has 1 aromatic carbocycles. The fraction of sp³-hybridized carbons (Fsp3) is 0.533. The monoisotopic (exact) mass is 249 g/mol. The molecule has 1 N–H and O–H groups in total. The number of hydrogen-bond donors (Lipinski definition) is 1. The lowest BCUT2D eigenvalue weighted by Gasteiger charge is -2.08. The fourth-order valence-electron chi connectivity index (χ4n) is 1.60. The van der Waals surface area contributed by atoms with Gasteiger partial charge in [-0.05, 0) is 30.9 Å². The van der Waals surface area contributed by atoms with Gasteiger partial charge in [-0.25, -0.2) is 0 Å². The Morgan fingerprint density at radius 2 is 2.00 bits per heavy atom. The maximum Gasteiger partial charge on any atom is 0.223 e. The SMILES string of the molecule is CC(C)CCCNC(=O)CCOc1ccccc1. The lowest BCUT2D eigenvalue weighted by Crippen LogP contribution is -2.26. The van der Waals surface area contributed by atoms with Crippen molar-refractivity contribution in [1.29, 1.82) is 0 Å². The van der Waals surface area contributed by atoms with Crippen molar-refractivity contribution in [2.24, 2.45) is 5.92 Å². The Labute approximate surface area is 110 Å². The molecule has 0 saturated heterocycles. The van der Waals surface area contributed by atoms with Gasteiger partial charge in [-0.3, -0.25) is 4.79 Å². The zero-order valence-electron chi connectivity index (χ0n) is 11.3. The highest BCUT2D eigenvalue weighted by atomic mass is 16.5. The molecule has 0 radical (unpaired) electrons. The second-order valence-corrected chi connectivity index (χ2v) is 4.80. The first-order valence-electron chi connectivity index (χ1n) is 6.63. The maximum absolute atomic E-state index is 11.5. The van der Waals surface area contributed by atoms with Gasteiger partial charge in [-0.15, -0.1) is 0 Å². The molecule has 0 aliphatic heterocycles. The smallest absolute Gasteiger partial charge is 0.223 e. The highest BCUT2D eigenvalue weighted by Crippen LogP contribution is 2.08. The molecule has 1 amide bonds. The first-order valence-corrected chi connectivity index (χ1v) is 6.63. The minimum absolute atomic E-state index is 0.0645. The number of amides is 1. The molecule has 0 bridgehead atoms. The number of carbonyl (C=O) groups is 1. The molecule has 0 spiro atoms. The van der Waals surface area contributed by atoms with Crippen molar-refractivity contribution in [1.82, 2.24) is 5.32 Å². The molecular weight excluding hydrogens is 226 g/mol. The summed E-state index contributed by atoms with van der Waals surface area (Å²) in [6.07, 6.45) is 2.61. The zero-order valence-corrected chi connectivity index (χ0v) is 11.3. The van der Waals surface area contributed by atoms with Crippen LogP contribution in [-0.2, 0) is 4.79 Å². The number of nitrogens with one attached hydrogen (secondary N) is 1. The summed E-state index contributed by atoms with van der Waals surface area (Å²) < 4.78 is 5.46. The van der Waals surface area contributed by atoms with Gasteiger partial charge >= 0.3 is 0 Å². The van der Waals surface area contributed by atoms with Crippen molar-refractivity contribution < 1.29 is 9.53 Å². The third-order valence-corrected chi connectivity index (χ3v) is 2.62. The van der Waals surface area contributed by atoms with E-state index in [9.17, 15) is 4.79 Å². The molecule has 0 fully saturated rings. The molecular formula is C15H23NO2. The molecule has 3 heteroatoms. The lowest BCUT2D eigenvalue weighted by atomic mass is 10.1. The van der Waals surface area contributed by atoms with E-state index < -0.39 is 0 Å². The van der Waals surface area contributed by atoms with E-state index in [1.54, 1.807) is 0 Å². The number of rotatable bonds is 8. The first kappa shape index (κ1) is 14.6. The Morgan fingerprint density at radius 3 is 2.67 bits per heavy atom. The Bertz CT molecular complexity index is 336. The molecule has 1 aromatic rings. The Morgan fingerprint density at radius 1 is 1.28 bits per heavy atom. The summed E-state index contributed by atoms with van der Waals surface area (Å²) in [5.41, 5.74) is 0. The van der Waals surface area contributed by atoms with Crippen molar-refractivity contribution in [3.05, 3.63) is 30.3 Å². The van der Waals surface area contributed by atoms with Crippen LogP contribution < -0.4 is 10.1 Å². The van der Waals surface area contributed by atoms with Gasteiger partial charge in [0.25, 0.3) is 0 Å². The number of benzene rings is 1. The number of para-hydroxylation sites is 1. The highest BCUT2D eigenvalue weighted by molar-refractivity contribution is 5.75. The van der Waals surface area contributed by atoms with Gasteiger partial charge in [-0.1, -0.05) is 32.0 Å². The van der Waals surface area contributed by atoms with E-state index in [1.807, 2.05) is 30.3 Å². The van der Waals surface area contributed by atoms with E-state index in [2.05, 4.69) is 19.2 Å². The van der Waals surface area contributed by atoms with E-state index in [-0.39, 0.29) is 5.91 Å². The topological polar surface area (TPSA) is 38.3 Å². The average molecular weight is 249 g/mol. The van der Waals surface area contributed by atoms with Crippen molar-refractivity contribution in [3.8, 4) is 5.75 Å². The van der Waals surface area contributed by atoms with Crippen LogP contribution in [0.25, 0.3) is 0 Å². The van der Waals surface area contributed by atoms with Crippen molar-refractivity contribution in [3.63, 3.8) is 0 Å². The summed E-state index contributed by atoms with van der Waals surface area (Å²) in [5.74, 6) is 1.57. The van der Waals surface area contributed by atoms with E-state index >= 15 is 0 Å². The van der Waals surface area contributed by atoms with E-state index in [0.717, 1.165) is 25.1 Å². The van der Waals surface area contributed by atoms with Gasteiger partial charge < -0.3 is 10.1 Å². The molecule has 0 heterocycles. The lowest BCUT2D eigenvalue weighted by molar-refractivity contribution is -0.121. The highest BCUT2D eigenvalue weighted by Gasteiger charge is 2.01. The van der Waals surface area contributed by atoms with E-state index in [1.165, 1.54) is 0 Å². The van der Waals surface area contributed by atoms with Crippen molar-refractivity contribution in [2.45, 2.75) is 33.1 Å². The summed E-state index contributed by atoms with van der Waals surface area (Å²) in [4.78, 5) is 11.5. The minimum atomic E-state index is 0.0645. The third-order valence-electron chi connectivity index (χ3n) is 2.62. The summed E-state index contributed by atoms with van der Waals surface area (Å²) in [5, 5.41) is 2.91. The normalized spacial score (nSPS) is 10.4. The molecule has 18 heavy (non-hydrogen) atoms. The Balaban J connectivity index is 2.03. The molecule has 1 rings (SSSR count). The van der Waals surface area contributed by atoms with Crippen molar-refractivity contribution in [2.75, 3.05) is 13.2 Å². The number of hydrogen-bond acceptors (Lipinski definition) is 2. The molecule has 0 aliphatic carbocycles. The van der Waals surface area contributed by atoms with Crippen LogP contribution in [0.3, 0.4) is 0 Å². The molecule has 3 nitrogen and oxygen atoms in total. The largest absolute Gasteiger partial charge is 0.493 e. The summed E-state index contributed by atoms with van der Waals surface area (Å²) in [6, 6.07) is 9.55. The number of carbonyl (C=O) groups excluding carboxylic acids is 1. The second-order valence-electron chi connectivity index (χ2n) is 4.80. The Kier molecular flexibility index (Phi) is 6.92. The van der Waals surface area contributed by atoms with Crippen LogP contribution in [0.15, 0.2) is 30.3 Å². The van der Waals surface area contributed by atoms with Crippen molar-refractivity contribution >= 4 is 5.91 Å². The quantitative estimate of drug-likeness (QED) is 0.719. The third kappa shape index (κ3) is 6.94. The van der Waals surface area contributed by atoms with E-state index in [4.69, 9.17) is 4.74 Å². The van der Waals surface area contributed by atoms with Crippen LogP contribution in [-0.4, -0.2) is 19.1 Å². The van der Waals surface area contributed by atoms with Crippen LogP contribution in [0.5, 0.6) is 5.75 Å². The molecule has 0 saturated carbocycles. The Hall–Kier alpha value is -1.51. The number of ether oxygens (including phenoxy) is 1. The van der Waals surface area contributed by atoms with Crippen LogP contribution in [0.1, 0.15) is 33.1 Å². The van der Waals surface area contributed by atoms with Gasteiger partial charge in [-0.2, -0.15) is 0 Å². The maximum atomic E-state index is 11.5. The summed E-state index contributed by atoms with van der Waals surface area (Å²) in [7, 11) is 0. The molecule has 0 aromatic heterocycles. The zero-order chi connectivity index (χ0) is 13.2. The van der Waals surface area contributed by atoms with Gasteiger partial charge in [0.05, 0.1) is 13.0 Å². The molecule has 100 valence electrons. The van der Waals surface area contributed by atoms with Gasteiger partial charge in [0.15, 0.2) is 0 Å². The van der Waals surface area contributed by atoms with Crippen LogP contribution in [0.2, 0.25) is 0 Å². The average Bonchev–Trinajstić information content (AvgIpc) is 2.36. The van der Waals surface area contributed by atoms with Crippen LogP contribution in [0, 0.1) is 5.92 Å². The van der Waals surface area contributed by atoms with Gasteiger partial charge in [0.2, 0.25) is 5.91 Å². The second kappa shape index (κ2) is 8.56. The first-order chi connectivity index (χ1) is 8.68. The summed E-state index contributed by atoms with van der Waals surface area (Å²) in [6.45, 7) is 5.58. The van der Waals surface area contributed by atoms with Crippen LogP contribution in [0.4, 0.5) is 0 Å².